The Hall–Kier alpha value is -1.98. The van der Waals surface area contributed by atoms with E-state index in [1.54, 1.807) is 43.9 Å². The number of carbonyl (C=O) groups excluding carboxylic acids is 1. The predicted octanol–water partition coefficient (Wildman–Crippen LogP) is 0.787. The van der Waals surface area contributed by atoms with E-state index in [1.165, 1.54) is 0 Å². The fraction of sp³-hybridized carbons (Fsp3) is 0.591. The summed E-state index contributed by atoms with van der Waals surface area (Å²) in [7, 11) is -3.51. The van der Waals surface area contributed by atoms with Crippen LogP contribution >= 0.6 is 0 Å². The van der Waals surface area contributed by atoms with Gasteiger partial charge in [0.2, 0.25) is 15.9 Å². The topological polar surface area (TPSA) is 128 Å². The molecule has 2 aliphatic rings. The van der Waals surface area contributed by atoms with Crippen molar-refractivity contribution in [2.75, 3.05) is 18.9 Å². The van der Waals surface area contributed by atoms with E-state index < -0.39 is 33.6 Å². The highest BCUT2D eigenvalue weighted by Crippen LogP contribution is 2.46. The molecule has 0 spiro atoms. The molecule has 0 radical (unpaired) electrons. The van der Waals surface area contributed by atoms with Crippen LogP contribution in [0.4, 0.5) is 0 Å². The van der Waals surface area contributed by atoms with Crippen molar-refractivity contribution in [1.29, 1.82) is 0 Å². The van der Waals surface area contributed by atoms with E-state index in [2.05, 4.69) is 10.0 Å². The Bertz CT molecular complexity index is 953. The minimum absolute atomic E-state index is 0.0601. The molecule has 1 aliphatic heterocycles. The molecule has 1 amide bonds. The normalized spacial score (nSPS) is 23.5. The first-order valence-corrected chi connectivity index (χ1v) is 12.4. The van der Waals surface area contributed by atoms with Crippen molar-refractivity contribution in [1.82, 2.24) is 14.9 Å². The maximum absolute atomic E-state index is 12.7. The van der Waals surface area contributed by atoms with Gasteiger partial charge in [-0.05, 0) is 57.7 Å². The number of hydrogen-bond donors (Lipinski definition) is 4. The Kier molecular flexibility index (Phi) is 7.31. The van der Waals surface area contributed by atoms with Gasteiger partial charge in [-0.3, -0.25) is 4.79 Å². The van der Waals surface area contributed by atoms with Gasteiger partial charge in [-0.25, -0.2) is 18.0 Å². The highest BCUT2D eigenvalue weighted by molar-refractivity contribution is 7.89. The molecule has 1 aliphatic carbocycles. The molecule has 178 valence electrons. The van der Waals surface area contributed by atoms with E-state index in [0.29, 0.717) is 31.6 Å². The second kappa shape index (κ2) is 9.48. The molecule has 1 heterocycles. The van der Waals surface area contributed by atoms with Crippen molar-refractivity contribution in [2.24, 2.45) is 0 Å². The van der Waals surface area contributed by atoms with Crippen molar-refractivity contribution in [3.8, 4) is 5.75 Å². The number of hydrogen-bond acceptors (Lipinski definition) is 7. The van der Waals surface area contributed by atoms with Crippen molar-refractivity contribution in [3.05, 3.63) is 42.0 Å². The number of carbonyl (C=O) groups is 1. The lowest BCUT2D eigenvalue weighted by atomic mass is 10.1. The number of benzene rings is 1. The molecule has 1 unspecified atom stereocenters. The smallest absolute Gasteiger partial charge is 0.240 e. The van der Waals surface area contributed by atoms with Gasteiger partial charge in [-0.15, -0.1) is 0 Å². The van der Waals surface area contributed by atoms with E-state index in [0.717, 1.165) is 5.56 Å². The fourth-order valence-corrected chi connectivity index (χ4v) is 5.02. The summed E-state index contributed by atoms with van der Waals surface area (Å²) in [6, 6.07) is 6.87. The highest BCUT2D eigenvalue weighted by Gasteiger charge is 2.47. The SMILES string of the molecule is C[C@@H]1C(=O)NC(O)N1C/C=C/CCS(=O)(=O)NC1(c2cccc(OCC(C)(C)O)c2)CC1. The maximum atomic E-state index is 12.7. The largest absolute Gasteiger partial charge is 0.491 e. The molecule has 1 aromatic carbocycles. The first-order chi connectivity index (χ1) is 14.9. The summed E-state index contributed by atoms with van der Waals surface area (Å²) >= 11 is 0. The standard InChI is InChI=1S/C22H33N3O6S/c1-16-19(26)23-20(27)25(16)12-5-4-6-13-32(29,30)24-22(10-11-22)17-8-7-9-18(14-17)31-15-21(2,3)28/h4-5,7-9,14,16,20,24,27-28H,6,10-13,15H2,1-3H3,(H,23,26)/b5-4+/t16-,20?/m1/s1. The number of amides is 1. The van der Waals surface area contributed by atoms with Gasteiger partial charge in [-0.1, -0.05) is 24.3 Å². The van der Waals surface area contributed by atoms with E-state index in [-0.39, 0.29) is 18.3 Å². The Labute approximate surface area is 189 Å². The summed E-state index contributed by atoms with van der Waals surface area (Å²) in [5, 5.41) is 22.1. The van der Waals surface area contributed by atoms with Crippen LogP contribution in [0.15, 0.2) is 36.4 Å². The van der Waals surface area contributed by atoms with Gasteiger partial charge >= 0.3 is 0 Å². The summed E-state index contributed by atoms with van der Waals surface area (Å²) in [5.74, 6) is 0.293. The van der Waals surface area contributed by atoms with Crippen LogP contribution in [0.3, 0.4) is 0 Å². The van der Waals surface area contributed by atoms with Gasteiger partial charge in [0.25, 0.3) is 0 Å². The molecule has 0 bridgehead atoms. The molecule has 32 heavy (non-hydrogen) atoms. The van der Waals surface area contributed by atoms with Crippen molar-refractivity contribution in [2.45, 2.75) is 63.6 Å². The lowest BCUT2D eigenvalue weighted by Gasteiger charge is -2.21. The summed E-state index contributed by atoms with van der Waals surface area (Å²) in [5.41, 5.74) is -0.726. The van der Waals surface area contributed by atoms with Crippen molar-refractivity contribution >= 4 is 15.9 Å². The average Bonchev–Trinajstić information content (AvgIpc) is 3.43. The molecule has 10 heteroatoms. The van der Waals surface area contributed by atoms with Gasteiger partial charge in [0, 0.05) is 6.54 Å². The minimum atomic E-state index is -3.51. The number of aliphatic hydroxyl groups excluding tert-OH is 1. The van der Waals surface area contributed by atoms with Gasteiger partial charge < -0.3 is 20.3 Å². The molecule has 2 fully saturated rings. The zero-order chi connectivity index (χ0) is 23.6. The number of allylic oxidation sites excluding steroid dienone is 1. The highest BCUT2D eigenvalue weighted by atomic mass is 32.2. The van der Waals surface area contributed by atoms with Crippen LogP contribution in [0, 0.1) is 0 Å². The molecule has 1 saturated carbocycles. The molecular formula is C22H33N3O6S. The molecular weight excluding hydrogens is 434 g/mol. The first-order valence-electron chi connectivity index (χ1n) is 10.8. The monoisotopic (exact) mass is 467 g/mol. The number of nitrogens with zero attached hydrogens (tertiary/aromatic N) is 1. The molecule has 3 rings (SSSR count). The zero-order valence-electron chi connectivity index (χ0n) is 18.7. The number of aliphatic hydroxyl groups is 2. The lowest BCUT2D eigenvalue weighted by Crippen LogP contribution is -2.38. The van der Waals surface area contributed by atoms with Crippen molar-refractivity contribution in [3.63, 3.8) is 0 Å². The van der Waals surface area contributed by atoms with Gasteiger partial charge in [0.1, 0.15) is 12.4 Å². The Balaban J connectivity index is 1.52. The maximum Gasteiger partial charge on any atom is 0.240 e. The molecule has 9 nitrogen and oxygen atoms in total. The Morgan fingerprint density at radius 2 is 2.06 bits per heavy atom. The number of nitrogens with one attached hydrogen (secondary N) is 2. The van der Waals surface area contributed by atoms with Gasteiger partial charge in [-0.2, -0.15) is 0 Å². The summed E-state index contributed by atoms with van der Waals surface area (Å²) in [6.45, 7) is 5.50. The van der Waals surface area contributed by atoms with E-state index in [1.807, 2.05) is 18.2 Å². The molecule has 1 saturated heterocycles. The Morgan fingerprint density at radius 3 is 2.66 bits per heavy atom. The van der Waals surface area contributed by atoms with E-state index in [4.69, 9.17) is 4.74 Å². The van der Waals surface area contributed by atoms with Crippen LogP contribution in [-0.4, -0.2) is 66.3 Å². The van der Waals surface area contributed by atoms with E-state index >= 15 is 0 Å². The summed E-state index contributed by atoms with van der Waals surface area (Å²) in [6.07, 6.45) is 4.22. The third-order valence-corrected chi connectivity index (χ3v) is 7.05. The van der Waals surface area contributed by atoms with Crippen molar-refractivity contribution < 1.29 is 28.2 Å². The van der Waals surface area contributed by atoms with Crippen LogP contribution in [0.5, 0.6) is 5.75 Å². The Morgan fingerprint density at radius 1 is 1.34 bits per heavy atom. The number of ether oxygens (including phenoxy) is 1. The van der Waals surface area contributed by atoms with Crippen LogP contribution in [0.25, 0.3) is 0 Å². The van der Waals surface area contributed by atoms with Crippen LogP contribution in [0.2, 0.25) is 0 Å². The quantitative estimate of drug-likeness (QED) is 0.354. The van der Waals surface area contributed by atoms with Gasteiger partial charge in [0.05, 0.1) is 22.9 Å². The first kappa shape index (κ1) is 24.7. The lowest BCUT2D eigenvalue weighted by molar-refractivity contribution is -0.121. The number of sulfonamides is 1. The molecule has 1 aromatic rings. The fourth-order valence-electron chi connectivity index (χ4n) is 3.56. The van der Waals surface area contributed by atoms with Crippen LogP contribution in [-0.2, 0) is 20.4 Å². The second-order valence-electron chi connectivity index (χ2n) is 9.15. The molecule has 4 N–H and O–H groups in total. The summed E-state index contributed by atoms with van der Waals surface area (Å²) in [4.78, 5) is 13.1. The van der Waals surface area contributed by atoms with Gasteiger partial charge in [0.15, 0.2) is 6.35 Å². The molecule has 0 aromatic heterocycles. The minimum Gasteiger partial charge on any atom is -0.491 e. The summed E-state index contributed by atoms with van der Waals surface area (Å²) < 4.78 is 33.8. The predicted molar refractivity (Wildman–Crippen MR) is 120 cm³/mol. The third-order valence-electron chi connectivity index (χ3n) is 5.58. The van der Waals surface area contributed by atoms with Crippen LogP contribution in [0.1, 0.15) is 45.6 Å². The second-order valence-corrected chi connectivity index (χ2v) is 11.0. The molecule has 2 atom stereocenters. The number of rotatable bonds is 11. The van der Waals surface area contributed by atoms with E-state index in [9.17, 15) is 23.4 Å². The van der Waals surface area contributed by atoms with Crippen LogP contribution < -0.4 is 14.8 Å². The average molecular weight is 468 g/mol. The third kappa shape index (κ3) is 6.52. The zero-order valence-corrected chi connectivity index (χ0v) is 19.6.